The fourth-order valence-corrected chi connectivity index (χ4v) is 1.31. The molecule has 0 aliphatic heterocycles. The molecule has 0 fully saturated rings. The lowest BCUT2D eigenvalue weighted by molar-refractivity contribution is -0.384. The molecule has 1 rings (SSSR count). The largest absolute Gasteiger partial charge is 0.374 e. The van der Waals surface area contributed by atoms with Gasteiger partial charge >= 0.3 is 0 Å². The number of nitrogens with zero attached hydrogens (tertiary/aromatic N) is 1. The lowest BCUT2D eigenvalue weighted by Gasteiger charge is -2.06. The highest BCUT2D eigenvalue weighted by atomic mass is 19.3. The van der Waals surface area contributed by atoms with Gasteiger partial charge in [-0.3, -0.25) is 14.9 Å². The van der Waals surface area contributed by atoms with Gasteiger partial charge in [-0.15, -0.1) is 0 Å². The van der Waals surface area contributed by atoms with Crippen LogP contribution < -0.4 is 5.32 Å². The monoisotopic (exact) mass is 292 g/mol. The number of hydrogen-bond donors (Lipinski definition) is 1. The van der Waals surface area contributed by atoms with Crippen molar-refractivity contribution in [2.75, 3.05) is 19.8 Å². The fourth-order valence-electron chi connectivity index (χ4n) is 1.31. The lowest BCUT2D eigenvalue weighted by Crippen LogP contribution is -2.28. The molecule has 0 radical (unpaired) electrons. The number of carbonyl (C=O) groups excluding carboxylic acids is 1. The SMILES string of the molecule is O=C(NCCOCC(F)F)c1cc([N+](=O)[O-])ccc1F. The molecule has 0 unspecified atom stereocenters. The zero-order chi connectivity index (χ0) is 15.1. The summed E-state index contributed by atoms with van der Waals surface area (Å²) in [5.41, 5.74) is -0.918. The number of amides is 1. The van der Waals surface area contributed by atoms with Crippen LogP contribution in [0.15, 0.2) is 18.2 Å². The van der Waals surface area contributed by atoms with Gasteiger partial charge in [0.1, 0.15) is 12.4 Å². The number of nitro benzene ring substituents is 1. The average Bonchev–Trinajstić information content (AvgIpc) is 2.37. The van der Waals surface area contributed by atoms with E-state index in [4.69, 9.17) is 0 Å². The van der Waals surface area contributed by atoms with Crippen molar-refractivity contribution in [1.29, 1.82) is 0 Å². The number of nitro groups is 1. The van der Waals surface area contributed by atoms with E-state index in [1.54, 1.807) is 0 Å². The smallest absolute Gasteiger partial charge is 0.270 e. The van der Waals surface area contributed by atoms with Crippen LogP contribution in [-0.2, 0) is 4.74 Å². The van der Waals surface area contributed by atoms with E-state index < -0.39 is 40.9 Å². The maximum atomic E-state index is 13.4. The van der Waals surface area contributed by atoms with Crippen molar-refractivity contribution < 1.29 is 27.6 Å². The summed E-state index contributed by atoms with van der Waals surface area (Å²) in [4.78, 5) is 21.3. The Balaban J connectivity index is 2.55. The number of hydrogen-bond acceptors (Lipinski definition) is 4. The number of benzene rings is 1. The highest BCUT2D eigenvalue weighted by molar-refractivity contribution is 5.95. The molecule has 0 saturated carbocycles. The Bertz CT molecular complexity index is 497. The Hall–Kier alpha value is -2.16. The van der Waals surface area contributed by atoms with Crippen molar-refractivity contribution in [2.24, 2.45) is 0 Å². The number of ether oxygens (including phenoxy) is 1. The summed E-state index contributed by atoms with van der Waals surface area (Å²) in [6, 6.07) is 2.53. The molecule has 0 heterocycles. The van der Waals surface area contributed by atoms with Gasteiger partial charge in [0.25, 0.3) is 18.0 Å². The predicted molar refractivity (Wildman–Crippen MR) is 62.2 cm³/mol. The summed E-state index contributed by atoms with van der Waals surface area (Å²) in [5.74, 6) is -1.80. The number of halogens is 3. The Morgan fingerprint density at radius 2 is 2.15 bits per heavy atom. The molecule has 1 N–H and O–H groups in total. The molecule has 0 bridgehead atoms. The summed E-state index contributed by atoms with van der Waals surface area (Å²) >= 11 is 0. The molecule has 110 valence electrons. The van der Waals surface area contributed by atoms with Gasteiger partial charge in [0.2, 0.25) is 0 Å². The van der Waals surface area contributed by atoms with Crippen molar-refractivity contribution in [2.45, 2.75) is 6.43 Å². The average molecular weight is 292 g/mol. The van der Waals surface area contributed by atoms with E-state index in [0.717, 1.165) is 18.2 Å². The molecule has 0 saturated heterocycles. The first kappa shape index (κ1) is 15.9. The Morgan fingerprint density at radius 3 is 2.75 bits per heavy atom. The van der Waals surface area contributed by atoms with Gasteiger partial charge in [-0.2, -0.15) is 0 Å². The van der Waals surface area contributed by atoms with Crippen LogP contribution in [0.2, 0.25) is 0 Å². The van der Waals surface area contributed by atoms with E-state index in [1.165, 1.54) is 0 Å². The van der Waals surface area contributed by atoms with Crippen LogP contribution in [0.5, 0.6) is 0 Å². The Labute approximate surface area is 111 Å². The third-order valence-electron chi connectivity index (χ3n) is 2.18. The van der Waals surface area contributed by atoms with Crippen LogP contribution in [0.4, 0.5) is 18.9 Å². The van der Waals surface area contributed by atoms with Crippen molar-refractivity contribution in [3.05, 3.63) is 39.7 Å². The summed E-state index contributed by atoms with van der Waals surface area (Å²) in [6.45, 7) is -1.05. The third-order valence-corrected chi connectivity index (χ3v) is 2.18. The first-order valence-corrected chi connectivity index (χ1v) is 5.50. The minimum Gasteiger partial charge on any atom is -0.374 e. The first-order chi connectivity index (χ1) is 9.41. The summed E-state index contributed by atoms with van der Waals surface area (Å²) < 4.78 is 41.3. The fraction of sp³-hybridized carbons (Fsp3) is 0.364. The zero-order valence-corrected chi connectivity index (χ0v) is 10.1. The van der Waals surface area contributed by atoms with E-state index >= 15 is 0 Å². The van der Waals surface area contributed by atoms with Crippen LogP contribution in [0, 0.1) is 15.9 Å². The minimum atomic E-state index is -2.61. The molecule has 1 amide bonds. The molecule has 0 aromatic heterocycles. The van der Waals surface area contributed by atoms with Gasteiger partial charge in [0, 0.05) is 18.7 Å². The second-order valence-electron chi connectivity index (χ2n) is 3.64. The molecule has 1 aromatic rings. The van der Waals surface area contributed by atoms with Crippen molar-refractivity contribution in [3.63, 3.8) is 0 Å². The van der Waals surface area contributed by atoms with E-state index in [1.807, 2.05) is 0 Å². The maximum absolute atomic E-state index is 13.4. The molecule has 1 aromatic carbocycles. The van der Waals surface area contributed by atoms with E-state index in [0.29, 0.717) is 0 Å². The van der Waals surface area contributed by atoms with Crippen LogP contribution in [0.1, 0.15) is 10.4 Å². The topological polar surface area (TPSA) is 81.5 Å². The van der Waals surface area contributed by atoms with Crippen molar-refractivity contribution in [1.82, 2.24) is 5.32 Å². The lowest BCUT2D eigenvalue weighted by atomic mass is 10.1. The van der Waals surface area contributed by atoms with Gasteiger partial charge in [0.15, 0.2) is 0 Å². The van der Waals surface area contributed by atoms with Crippen LogP contribution in [0.3, 0.4) is 0 Å². The second-order valence-corrected chi connectivity index (χ2v) is 3.64. The molecule has 0 atom stereocenters. The summed E-state index contributed by atoms with van der Waals surface area (Å²) in [6.07, 6.45) is -2.61. The standard InChI is InChI=1S/C11H11F3N2O4/c12-9-2-1-7(16(18)19)5-8(9)11(17)15-3-4-20-6-10(13)14/h1-2,5,10H,3-4,6H2,(H,15,17). The van der Waals surface area contributed by atoms with E-state index in [-0.39, 0.29) is 13.2 Å². The zero-order valence-electron chi connectivity index (χ0n) is 10.1. The quantitative estimate of drug-likeness (QED) is 0.471. The van der Waals surface area contributed by atoms with Crippen LogP contribution in [-0.4, -0.2) is 37.0 Å². The van der Waals surface area contributed by atoms with Crippen molar-refractivity contribution >= 4 is 11.6 Å². The van der Waals surface area contributed by atoms with Crippen LogP contribution in [0.25, 0.3) is 0 Å². The minimum absolute atomic E-state index is 0.117. The number of alkyl halides is 2. The number of carbonyl (C=O) groups is 1. The number of nitrogens with one attached hydrogen (secondary N) is 1. The first-order valence-electron chi connectivity index (χ1n) is 5.50. The molecule has 0 aliphatic rings. The maximum Gasteiger partial charge on any atom is 0.270 e. The Kier molecular flexibility index (Phi) is 5.91. The second kappa shape index (κ2) is 7.43. The molecular formula is C11H11F3N2O4. The highest BCUT2D eigenvalue weighted by Crippen LogP contribution is 2.16. The molecule has 0 spiro atoms. The summed E-state index contributed by atoms with van der Waals surface area (Å²) in [7, 11) is 0. The van der Waals surface area contributed by atoms with Gasteiger partial charge in [-0.05, 0) is 6.07 Å². The molecule has 0 aliphatic carbocycles. The van der Waals surface area contributed by atoms with Crippen molar-refractivity contribution in [3.8, 4) is 0 Å². The third kappa shape index (κ3) is 4.84. The van der Waals surface area contributed by atoms with Crippen LogP contribution >= 0.6 is 0 Å². The number of non-ortho nitro benzene ring substituents is 1. The Morgan fingerprint density at radius 1 is 1.45 bits per heavy atom. The molecular weight excluding hydrogens is 281 g/mol. The van der Waals surface area contributed by atoms with Gasteiger partial charge < -0.3 is 10.1 Å². The van der Waals surface area contributed by atoms with Gasteiger partial charge in [-0.1, -0.05) is 0 Å². The molecule has 9 heteroatoms. The van der Waals surface area contributed by atoms with Gasteiger partial charge in [-0.25, -0.2) is 13.2 Å². The normalized spacial score (nSPS) is 10.6. The molecule has 6 nitrogen and oxygen atoms in total. The predicted octanol–water partition coefficient (Wildman–Crippen LogP) is 1.75. The van der Waals surface area contributed by atoms with E-state index in [2.05, 4.69) is 10.1 Å². The van der Waals surface area contributed by atoms with Gasteiger partial charge in [0.05, 0.1) is 17.1 Å². The number of rotatable bonds is 7. The molecule has 20 heavy (non-hydrogen) atoms. The van der Waals surface area contributed by atoms with E-state index in [9.17, 15) is 28.1 Å². The highest BCUT2D eigenvalue weighted by Gasteiger charge is 2.16. The summed E-state index contributed by atoms with van der Waals surface area (Å²) in [5, 5.41) is 12.7.